The molecule has 1 aliphatic rings. The van der Waals surface area contributed by atoms with Gasteiger partial charge in [0.15, 0.2) is 5.54 Å². The second kappa shape index (κ2) is 8.47. The summed E-state index contributed by atoms with van der Waals surface area (Å²) < 4.78 is 5.29. The molecule has 0 aliphatic carbocycles. The molecular formula is C24H23N3O4. The number of furan rings is 1. The first kappa shape index (κ1) is 20.4. The van der Waals surface area contributed by atoms with Crippen LogP contribution in [0.15, 0.2) is 83.5 Å². The van der Waals surface area contributed by atoms with E-state index in [9.17, 15) is 14.4 Å². The Labute approximate surface area is 180 Å². The molecule has 4 rings (SSSR count). The van der Waals surface area contributed by atoms with Crippen LogP contribution < -0.4 is 10.6 Å². The van der Waals surface area contributed by atoms with Crippen molar-refractivity contribution in [3.63, 3.8) is 0 Å². The first-order valence-corrected chi connectivity index (χ1v) is 10.1. The smallest absolute Gasteiger partial charge is 0.325 e. The summed E-state index contributed by atoms with van der Waals surface area (Å²) in [7, 11) is 0. The Morgan fingerprint density at radius 1 is 1.03 bits per heavy atom. The Morgan fingerprint density at radius 3 is 2.35 bits per heavy atom. The zero-order valence-corrected chi connectivity index (χ0v) is 17.1. The highest BCUT2D eigenvalue weighted by molar-refractivity contribution is 6.09. The molecule has 0 radical (unpaired) electrons. The molecule has 0 unspecified atom stereocenters. The van der Waals surface area contributed by atoms with Gasteiger partial charge in [-0.2, -0.15) is 0 Å². The highest BCUT2D eigenvalue weighted by atomic mass is 16.3. The molecule has 7 heteroatoms. The molecule has 1 aliphatic heterocycles. The first-order valence-electron chi connectivity index (χ1n) is 10.1. The van der Waals surface area contributed by atoms with E-state index >= 15 is 0 Å². The van der Waals surface area contributed by atoms with Gasteiger partial charge in [0.2, 0.25) is 5.91 Å². The molecule has 1 saturated heterocycles. The number of amides is 4. The number of carbonyl (C=O) groups excluding carboxylic acids is 3. The number of imide groups is 1. The molecule has 0 spiro atoms. The van der Waals surface area contributed by atoms with Crippen molar-refractivity contribution in [3.05, 3.63) is 95.9 Å². The Morgan fingerprint density at radius 2 is 1.71 bits per heavy atom. The number of nitrogens with zero attached hydrogens (tertiary/aromatic N) is 1. The predicted molar refractivity (Wildman–Crippen MR) is 114 cm³/mol. The number of rotatable bonds is 7. The van der Waals surface area contributed by atoms with Gasteiger partial charge < -0.3 is 15.1 Å². The molecule has 7 nitrogen and oxygen atoms in total. The van der Waals surface area contributed by atoms with Gasteiger partial charge in [-0.05, 0) is 30.2 Å². The Bertz CT molecular complexity index is 1070. The summed E-state index contributed by atoms with van der Waals surface area (Å²) in [6, 6.07) is 21.1. The lowest BCUT2D eigenvalue weighted by atomic mass is 9.83. The highest BCUT2D eigenvalue weighted by Crippen LogP contribution is 2.33. The SMILES string of the molecule is C[C@H](NC(=O)CN1C(=O)N[C@](Cc2ccccc2)(c2ccccc2)C1=O)c1ccco1. The van der Waals surface area contributed by atoms with Crippen molar-refractivity contribution in [1.29, 1.82) is 0 Å². The van der Waals surface area contributed by atoms with Crippen LogP contribution in [-0.4, -0.2) is 29.3 Å². The van der Waals surface area contributed by atoms with Crippen LogP contribution in [0.3, 0.4) is 0 Å². The lowest BCUT2D eigenvalue weighted by Crippen LogP contribution is -2.47. The van der Waals surface area contributed by atoms with Crippen molar-refractivity contribution in [3.8, 4) is 0 Å². The van der Waals surface area contributed by atoms with Gasteiger partial charge in [-0.1, -0.05) is 60.7 Å². The van der Waals surface area contributed by atoms with Crippen LogP contribution in [0.1, 0.15) is 29.9 Å². The van der Waals surface area contributed by atoms with Crippen molar-refractivity contribution in [2.75, 3.05) is 6.54 Å². The van der Waals surface area contributed by atoms with E-state index in [2.05, 4.69) is 10.6 Å². The van der Waals surface area contributed by atoms with E-state index in [0.717, 1.165) is 10.5 Å². The predicted octanol–water partition coefficient (Wildman–Crippen LogP) is 3.15. The van der Waals surface area contributed by atoms with E-state index in [-0.39, 0.29) is 19.0 Å². The van der Waals surface area contributed by atoms with Gasteiger partial charge in [0.1, 0.15) is 12.3 Å². The summed E-state index contributed by atoms with van der Waals surface area (Å²) in [4.78, 5) is 39.9. The third-order valence-corrected chi connectivity index (χ3v) is 5.40. The van der Waals surface area contributed by atoms with Crippen molar-refractivity contribution in [2.45, 2.75) is 24.9 Å². The van der Waals surface area contributed by atoms with Gasteiger partial charge in [0, 0.05) is 6.42 Å². The second-order valence-corrected chi connectivity index (χ2v) is 7.56. The number of urea groups is 1. The summed E-state index contributed by atoms with van der Waals surface area (Å²) in [5.74, 6) is -0.308. The lowest BCUT2D eigenvalue weighted by Gasteiger charge is -2.27. The summed E-state index contributed by atoms with van der Waals surface area (Å²) in [5.41, 5.74) is 0.300. The van der Waals surface area contributed by atoms with Crippen LogP contribution in [0.2, 0.25) is 0 Å². The molecule has 158 valence electrons. The largest absolute Gasteiger partial charge is 0.467 e. The Hall–Kier alpha value is -3.87. The summed E-state index contributed by atoms with van der Waals surface area (Å²) in [5, 5.41) is 5.62. The van der Waals surface area contributed by atoms with Crippen LogP contribution in [0.5, 0.6) is 0 Å². The minimum atomic E-state index is -1.27. The molecule has 1 aromatic heterocycles. The molecule has 2 aromatic carbocycles. The number of hydrogen-bond donors (Lipinski definition) is 2. The molecule has 0 bridgehead atoms. The molecule has 1 fully saturated rings. The van der Waals surface area contributed by atoms with Gasteiger partial charge in [-0.3, -0.25) is 14.5 Å². The van der Waals surface area contributed by atoms with Gasteiger partial charge in [0.25, 0.3) is 5.91 Å². The zero-order valence-electron chi connectivity index (χ0n) is 17.1. The van der Waals surface area contributed by atoms with Crippen molar-refractivity contribution in [1.82, 2.24) is 15.5 Å². The van der Waals surface area contributed by atoms with Crippen LogP contribution in [0.4, 0.5) is 4.79 Å². The molecule has 0 saturated carbocycles. The van der Waals surface area contributed by atoms with Crippen LogP contribution >= 0.6 is 0 Å². The monoisotopic (exact) mass is 417 g/mol. The average Bonchev–Trinajstić information content (AvgIpc) is 3.39. The van der Waals surface area contributed by atoms with Crippen LogP contribution in [0.25, 0.3) is 0 Å². The molecule has 3 aromatic rings. The Balaban J connectivity index is 1.57. The maximum Gasteiger partial charge on any atom is 0.325 e. The molecular weight excluding hydrogens is 394 g/mol. The minimum absolute atomic E-state index is 0.281. The second-order valence-electron chi connectivity index (χ2n) is 7.56. The maximum atomic E-state index is 13.5. The number of nitrogens with one attached hydrogen (secondary N) is 2. The van der Waals surface area contributed by atoms with Gasteiger partial charge >= 0.3 is 6.03 Å². The number of benzene rings is 2. The number of carbonyl (C=O) groups is 3. The van der Waals surface area contributed by atoms with Crippen LogP contribution in [-0.2, 0) is 21.5 Å². The lowest BCUT2D eigenvalue weighted by molar-refractivity contribution is -0.135. The third kappa shape index (κ3) is 4.07. The highest BCUT2D eigenvalue weighted by Gasteiger charge is 2.52. The van der Waals surface area contributed by atoms with Crippen molar-refractivity contribution < 1.29 is 18.8 Å². The average molecular weight is 417 g/mol. The fourth-order valence-corrected chi connectivity index (χ4v) is 3.85. The summed E-state index contributed by atoms with van der Waals surface area (Å²) in [6.07, 6.45) is 1.80. The first-order chi connectivity index (χ1) is 15.0. The van der Waals surface area contributed by atoms with Gasteiger partial charge in [-0.25, -0.2) is 4.79 Å². The van der Waals surface area contributed by atoms with E-state index in [1.807, 2.05) is 60.7 Å². The van der Waals surface area contributed by atoms with E-state index in [4.69, 9.17) is 4.42 Å². The van der Waals surface area contributed by atoms with E-state index in [0.29, 0.717) is 11.3 Å². The van der Waals surface area contributed by atoms with Crippen molar-refractivity contribution in [2.24, 2.45) is 0 Å². The molecule has 2 atom stereocenters. The maximum absolute atomic E-state index is 13.5. The fraction of sp³-hybridized carbons (Fsp3) is 0.208. The summed E-state index contributed by atoms with van der Waals surface area (Å²) in [6.45, 7) is 1.39. The quantitative estimate of drug-likeness (QED) is 0.578. The minimum Gasteiger partial charge on any atom is -0.467 e. The van der Waals surface area contributed by atoms with E-state index < -0.39 is 23.4 Å². The topological polar surface area (TPSA) is 91.7 Å². The zero-order chi connectivity index (χ0) is 21.8. The summed E-state index contributed by atoms with van der Waals surface area (Å²) >= 11 is 0. The van der Waals surface area contributed by atoms with Crippen molar-refractivity contribution >= 4 is 17.8 Å². The fourth-order valence-electron chi connectivity index (χ4n) is 3.85. The van der Waals surface area contributed by atoms with Gasteiger partial charge in [0.05, 0.1) is 12.3 Å². The molecule has 31 heavy (non-hydrogen) atoms. The molecule has 4 amide bonds. The van der Waals surface area contributed by atoms with Crippen LogP contribution in [0, 0.1) is 0 Å². The molecule has 2 heterocycles. The molecule has 2 N–H and O–H groups in total. The number of hydrogen-bond acceptors (Lipinski definition) is 4. The van der Waals surface area contributed by atoms with E-state index in [1.54, 1.807) is 19.1 Å². The van der Waals surface area contributed by atoms with Gasteiger partial charge in [-0.15, -0.1) is 0 Å². The van der Waals surface area contributed by atoms with E-state index in [1.165, 1.54) is 6.26 Å². The third-order valence-electron chi connectivity index (χ3n) is 5.40. The standard InChI is InChI=1S/C24H23N3O4/c1-17(20-13-8-14-31-20)25-21(28)16-27-22(29)24(26-23(27)30,19-11-6-3-7-12-19)15-18-9-4-2-5-10-18/h2-14,17H,15-16H2,1H3,(H,25,28)(H,26,30)/t17-,24+/m0/s1. The Kier molecular flexibility index (Phi) is 5.58. The normalized spacial score (nSPS) is 19.2.